The van der Waals surface area contributed by atoms with Gasteiger partial charge in [0.1, 0.15) is 0 Å². The number of hydrogen-bond donors (Lipinski definition) is 2. The van der Waals surface area contributed by atoms with Gasteiger partial charge in [0, 0.05) is 18.4 Å². The van der Waals surface area contributed by atoms with E-state index in [1.165, 1.54) is 6.20 Å². The standard InChI is InChI=1S/C21H16N4O3/c22-9-14-1-4-17(5-2-14)25-18-8-16(11-23-12-18)21(26)24-10-15-3-6-19-20(7-15)28-13-27-19/h1-8,11-12,25H,10,13H2,(H,24,26). The molecule has 7 heteroatoms. The van der Waals surface area contributed by atoms with Crippen molar-refractivity contribution in [2.75, 3.05) is 12.1 Å². The normalized spacial score (nSPS) is 11.5. The minimum absolute atomic E-state index is 0.218. The van der Waals surface area contributed by atoms with Crippen LogP contribution in [0.3, 0.4) is 0 Å². The maximum Gasteiger partial charge on any atom is 0.253 e. The zero-order valence-corrected chi connectivity index (χ0v) is 14.8. The molecule has 0 saturated heterocycles. The average molecular weight is 372 g/mol. The van der Waals surface area contributed by atoms with Gasteiger partial charge in [-0.2, -0.15) is 5.26 Å². The lowest BCUT2D eigenvalue weighted by molar-refractivity contribution is 0.0950. The average Bonchev–Trinajstić information content (AvgIpc) is 3.20. The van der Waals surface area contributed by atoms with Crippen LogP contribution in [0.5, 0.6) is 11.5 Å². The second-order valence-electron chi connectivity index (χ2n) is 6.15. The van der Waals surface area contributed by atoms with Crippen molar-refractivity contribution in [3.05, 3.63) is 77.6 Å². The molecule has 2 N–H and O–H groups in total. The summed E-state index contributed by atoms with van der Waals surface area (Å²) in [4.78, 5) is 16.6. The van der Waals surface area contributed by atoms with E-state index in [2.05, 4.69) is 21.7 Å². The number of fused-ring (bicyclic) bond motifs is 1. The van der Waals surface area contributed by atoms with Gasteiger partial charge in [0.05, 0.1) is 29.1 Å². The Labute approximate surface area is 161 Å². The number of carbonyl (C=O) groups is 1. The molecular formula is C21H16N4O3. The lowest BCUT2D eigenvalue weighted by Gasteiger charge is -2.09. The van der Waals surface area contributed by atoms with Gasteiger partial charge in [0.25, 0.3) is 5.91 Å². The Balaban J connectivity index is 1.40. The van der Waals surface area contributed by atoms with Gasteiger partial charge in [-0.15, -0.1) is 0 Å². The molecule has 0 radical (unpaired) electrons. The van der Waals surface area contributed by atoms with Crippen molar-refractivity contribution in [1.29, 1.82) is 5.26 Å². The largest absolute Gasteiger partial charge is 0.454 e. The molecule has 2 heterocycles. The van der Waals surface area contributed by atoms with E-state index in [0.29, 0.717) is 34.9 Å². The molecular weight excluding hydrogens is 356 g/mol. The lowest BCUT2D eigenvalue weighted by Crippen LogP contribution is -2.23. The summed E-state index contributed by atoms with van der Waals surface area (Å²) < 4.78 is 10.6. The van der Waals surface area contributed by atoms with Crippen molar-refractivity contribution in [1.82, 2.24) is 10.3 Å². The minimum Gasteiger partial charge on any atom is -0.454 e. The first-order chi connectivity index (χ1) is 13.7. The van der Waals surface area contributed by atoms with Gasteiger partial charge >= 0.3 is 0 Å². The van der Waals surface area contributed by atoms with Crippen molar-refractivity contribution in [3.63, 3.8) is 0 Å². The summed E-state index contributed by atoms with van der Waals surface area (Å²) in [5.41, 5.74) is 3.43. The second-order valence-corrected chi connectivity index (χ2v) is 6.15. The molecule has 2 aromatic carbocycles. The number of rotatable bonds is 5. The maximum atomic E-state index is 12.5. The number of nitrogens with one attached hydrogen (secondary N) is 2. The smallest absolute Gasteiger partial charge is 0.253 e. The zero-order chi connectivity index (χ0) is 19.3. The molecule has 0 saturated carbocycles. The minimum atomic E-state index is -0.228. The van der Waals surface area contributed by atoms with E-state index in [0.717, 1.165) is 11.3 Å². The molecule has 0 atom stereocenters. The molecule has 0 unspecified atom stereocenters. The monoisotopic (exact) mass is 372 g/mol. The van der Waals surface area contributed by atoms with Crippen LogP contribution in [0.2, 0.25) is 0 Å². The van der Waals surface area contributed by atoms with Crippen molar-refractivity contribution in [3.8, 4) is 17.6 Å². The number of nitrogens with zero attached hydrogens (tertiary/aromatic N) is 2. The number of carbonyl (C=O) groups excluding carboxylic acids is 1. The SMILES string of the molecule is N#Cc1ccc(Nc2cncc(C(=O)NCc3ccc4c(c3)OCO4)c2)cc1. The Morgan fingerprint density at radius 1 is 1.04 bits per heavy atom. The fourth-order valence-electron chi connectivity index (χ4n) is 2.76. The summed E-state index contributed by atoms with van der Waals surface area (Å²) in [7, 11) is 0. The summed E-state index contributed by atoms with van der Waals surface area (Å²) >= 11 is 0. The van der Waals surface area contributed by atoms with Crippen LogP contribution < -0.4 is 20.1 Å². The number of pyridine rings is 1. The highest BCUT2D eigenvalue weighted by Crippen LogP contribution is 2.32. The molecule has 1 aliphatic heterocycles. The van der Waals surface area contributed by atoms with Crippen LogP contribution in [0, 0.1) is 11.3 Å². The molecule has 1 aliphatic rings. The Bertz CT molecular complexity index is 1060. The maximum absolute atomic E-state index is 12.5. The number of hydrogen-bond acceptors (Lipinski definition) is 6. The fourth-order valence-corrected chi connectivity index (χ4v) is 2.76. The van der Waals surface area contributed by atoms with Crippen molar-refractivity contribution in [2.24, 2.45) is 0 Å². The second kappa shape index (κ2) is 7.68. The molecule has 28 heavy (non-hydrogen) atoms. The van der Waals surface area contributed by atoms with Crippen LogP contribution in [0.1, 0.15) is 21.5 Å². The van der Waals surface area contributed by atoms with E-state index in [1.807, 2.05) is 18.2 Å². The van der Waals surface area contributed by atoms with Crippen LogP contribution in [-0.4, -0.2) is 17.7 Å². The highest BCUT2D eigenvalue weighted by Gasteiger charge is 2.14. The van der Waals surface area contributed by atoms with Crippen molar-refractivity contribution < 1.29 is 14.3 Å². The summed E-state index contributed by atoms with van der Waals surface area (Å²) in [5, 5.41) is 14.9. The number of nitriles is 1. The van der Waals surface area contributed by atoms with E-state index in [-0.39, 0.29) is 12.7 Å². The molecule has 7 nitrogen and oxygen atoms in total. The number of anilines is 2. The van der Waals surface area contributed by atoms with Gasteiger partial charge < -0.3 is 20.1 Å². The molecule has 4 rings (SSSR count). The number of aromatic nitrogens is 1. The number of benzene rings is 2. The van der Waals surface area contributed by atoms with E-state index in [9.17, 15) is 4.79 Å². The van der Waals surface area contributed by atoms with E-state index in [1.54, 1.807) is 36.5 Å². The predicted octanol–water partition coefficient (Wildman–Crippen LogP) is 3.36. The van der Waals surface area contributed by atoms with Crippen molar-refractivity contribution in [2.45, 2.75) is 6.54 Å². The molecule has 1 amide bonds. The Morgan fingerprint density at radius 2 is 1.86 bits per heavy atom. The van der Waals surface area contributed by atoms with Crippen LogP contribution in [0.15, 0.2) is 60.9 Å². The van der Waals surface area contributed by atoms with Gasteiger partial charge in [0.2, 0.25) is 6.79 Å². The molecule has 0 aliphatic carbocycles. The zero-order valence-electron chi connectivity index (χ0n) is 14.8. The van der Waals surface area contributed by atoms with Gasteiger partial charge in [-0.25, -0.2) is 0 Å². The molecule has 1 aromatic heterocycles. The van der Waals surface area contributed by atoms with Crippen molar-refractivity contribution >= 4 is 17.3 Å². The van der Waals surface area contributed by atoms with Crippen LogP contribution in [0.25, 0.3) is 0 Å². The van der Waals surface area contributed by atoms with Gasteiger partial charge in [-0.3, -0.25) is 9.78 Å². The molecule has 138 valence electrons. The van der Waals surface area contributed by atoms with E-state index >= 15 is 0 Å². The van der Waals surface area contributed by atoms with Crippen LogP contribution >= 0.6 is 0 Å². The third kappa shape index (κ3) is 3.86. The highest BCUT2D eigenvalue weighted by molar-refractivity contribution is 5.94. The molecule has 0 bridgehead atoms. The summed E-state index contributed by atoms with van der Waals surface area (Å²) in [6.45, 7) is 0.582. The predicted molar refractivity (Wildman–Crippen MR) is 102 cm³/mol. The summed E-state index contributed by atoms with van der Waals surface area (Å²) in [6.07, 6.45) is 3.14. The quantitative estimate of drug-likeness (QED) is 0.713. The Hall–Kier alpha value is -4.05. The number of ether oxygens (including phenoxy) is 2. The van der Waals surface area contributed by atoms with Gasteiger partial charge in [-0.05, 0) is 48.0 Å². The molecule has 0 spiro atoms. The molecule has 3 aromatic rings. The first-order valence-corrected chi connectivity index (χ1v) is 8.60. The third-order valence-corrected chi connectivity index (χ3v) is 4.19. The van der Waals surface area contributed by atoms with Crippen LogP contribution in [-0.2, 0) is 6.54 Å². The van der Waals surface area contributed by atoms with Gasteiger partial charge in [-0.1, -0.05) is 6.07 Å². The third-order valence-electron chi connectivity index (χ3n) is 4.19. The Kier molecular flexibility index (Phi) is 4.76. The Morgan fingerprint density at radius 3 is 2.68 bits per heavy atom. The first-order valence-electron chi connectivity index (χ1n) is 8.60. The van der Waals surface area contributed by atoms with E-state index < -0.39 is 0 Å². The fraction of sp³-hybridized carbons (Fsp3) is 0.0952. The molecule has 0 fully saturated rings. The topological polar surface area (TPSA) is 96.3 Å². The summed E-state index contributed by atoms with van der Waals surface area (Å²) in [6, 6.07) is 16.4. The van der Waals surface area contributed by atoms with Gasteiger partial charge in [0.15, 0.2) is 11.5 Å². The lowest BCUT2D eigenvalue weighted by atomic mass is 10.2. The van der Waals surface area contributed by atoms with E-state index in [4.69, 9.17) is 14.7 Å². The number of amides is 1. The first kappa shape index (κ1) is 17.4. The van der Waals surface area contributed by atoms with Crippen LogP contribution in [0.4, 0.5) is 11.4 Å². The summed E-state index contributed by atoms with van der Waals surface area (Å²) in [5.74, 6) is 1.16. The highest BCUT2D eigenvalue weighted by atomic mass is 16.7.